The summed E-state index contributed by atoms with van der Waals surface area (Å²) in [6.45, 7) is 0.645. The van der Waals surface area contributed by atoms with Crippen LogP contribution in [-0.4, -0.2) is 33.5 Å². The monoisotopic (exact) mass is 323 g/mol. The smallest absolute Gasteiger partial charge is 0.270 e. The molecule has 5 heteroatoms. The van der Waals surface area contributed by atoms with E-state index in [0.29, 0.717) is 18.3 Å². The third-order valence-corrected chi connectivity index (χ3v) is 4.69. The van der Waals surface area contributed by atoms with Crippen LogP contribution in [0.5, 0.6) is 5.75 Å². The van der Waals surface area contributed by atoms with Gasteiger partial charge in [-0.3, -0.25) is 4.79 Å². The molecule has 24 heavy (non-hydrogen) atoms. The summed E-state index contributed by atoms with van der Waals surface area (Å²) in [5, 5.41) is 1.02. The molecule has 0 atom stereocenters. The van der Waals surface area contributed by atoms with Crippen LogP contribution in [0.25, 0.3) is 10.9 Å². The van der Waals surface area contributed by atoms with Gasteiger partial charge >= 0.3 is 0 Å². The standard InChI is InChI=1S/C19H21N3O2/c1-21-9-3-4-15(21)12-22(14-6-7-14)19(23)18-10-13-5-8-16(24-2)11-17(13)20-18/h3-5,8-11,14,20H,6-7,12H2,1-2H3. The summed E-state index contributed by atoms with van der Waals surface area (Å²) in [6, 6.07) is 12.2. The number of aromatic amines is 1. The van der Waals surface area contributed by atoms with Crippen LogP contribution in [0.2, 0.25) is 0 Å². The molecule has 1 N–H and O–H groups in total. The van der Waals surface area contributed by atoms with Crippen molar-refractivity contribution in [2.45, 2.75) is 25.4 Å². The van der Waals surface area contributed by atoms with E-state index in [9.17, 15) is 4.79 Å². The summed E-state index contributed by atoms with van der Waals surface area (Å²) >= 11 is 0. The minimum absolute atomic E-state index is 0.0638. The maximum atomic E-state index is 13.0. The average Bonchev–Trinajstić information content (AvgIpc) is 3.21. The number of H-pyrrole nitrogens is 1. The SMILES string of the molecule is COc1ccc2cc(C(=O)N(Cc3cccn3C)C3CC3)[nH]c2c1. The number of carbonyl (C=O) groups excluding carboxylic acids is 1. The Morgan fingerprint density at radius 3 is 2.83 bits per heavy atom. The van der Waals surface area contributed by atoms with E-state index < -0.39 is 0 Å². The fourth-order valence-corrected chi connectivity index (χ4v) is 3.09. The molecule has 0 bridgehead atoms. The molecule has 0 spiro atoms. The first-order valence-corrected chi connectivity index (χ1v) is 8.23. The first-order chi connectivity index (χ1) is 11.7. The highest BCUT2D eigenvalue weighted by atomic mass is 16.5. The fraction of sp³-hybridized carbons (Fsp3) is 0.316. The second kappa shape index (κ2) is 5.74. The molecule has 124 valence electrons. The molecule has 4 rings (SSSR count). The topological polar surface area (TPSA) is 50.3 Å². The van der Waals surface area contributed by atoms with E-state index in [1.807, 2.05) is 48.5 Å². The summed E-state index contributed by atoms with van der Waals surface area (Å²) in [6.07, 6.45) is 4.19. The highest BCUT2D eigenvalue weighted by Gasteiger charge is 2.34. The third kappa shape index (κ3) is 2.66. The van der Waals surface area contributed by atoms with Crippen LogP contribution in [-0.2, 0) is 13.6 Å². The molecule has 1 aliphatic carbocycles. The van der Waals surface area contributed by atoms with Gasteiger partial charge in [0.1, 0.15) is 11.4 Å². The van der Waals surface area contributed by atoms with Gasteiger partial charge in [-0.05, 0) is 43.2 Å². The summed E-state index contributed by atoms with van der Waals surface area (Å²) in [4.78, 5) is 18.3. The molecule has 1 aliphatic rings. The lowest BCUT2D eigenvalue weighted by Crippen LogP contribution is -2.33. The molecule has 5 nitrogen and oxygen atoms in total. The Balaban J connectivity index is 1.63. The van der Waals surface area contributed by atoms with E-state index in [0.717, 1.165) is 35.2 Å². The molecule has 3 aromatic rings. The van der Waals surface area contributed by atoms with Crippen LogP contribution in [0.1, 0.15) is 29.0 Å². The first-order valence-electron chi connectivity index (χ1n) is 8.23. The molecule has 1 aromatic carbocycles. The van der Waals surface area contributed by atoms with Crippen LogP contribution < -0.4 is 4.74 Å². The maximum absolute atomic E-state index is 13.0. The summed E-state index contributed by atoms with van der Waals surface area (Å²) in [5.74, 6) is 0.847. The number of methoxy groups -OCH3 is 1. The lowest BCUT2D eigenvalue weighted by Gasteiger charge is -2.22. The van der Waals surface area contributed by atoms with Gasteiger partial charge in [0.15, 0.2) is 0 Å². The number of nitrogens with one attached hydrogen (secondary N) is 1. The molecular weight excluding hydrogens is 302 g/mol. The molecule has 0 aliphatic heterocycles. The predicted molar refractivity (Wildman–Crippen MR) is 93.2 cm³/mol. The van der Waals surface area contributed by atoms with Gasteiger partial charge in [0.25, 0.3) is 5.91 Å². The van der Waals surface area contributed by atoms with Crippen LogP contribution in [0, 0.1) is 0 Å². The Labute approximate surface area is 140 Å². The minimum atomic E-state index is 0.0638. The van der Waals surface area contributed by atoms with Gasteiger partial charge in [0, 0.05) is 41.9 Å². The maximum Gasteiger partial charge on any atom is 0.270 e. The quantitative estimate of drug-likeness (QED) is 0.783. The van der Waals surface area contributed by atoms with Gasteiger partial charge in [-0.2, -0.15) is 0 Å². The number of hydrogen-bond donors (Lipinski definition) is 1. The van der Waals surface area contributed by atoms with Crippen molar-refractivity contribution in [2.75, 3.05) is 7.11 Å². The van der Waals surface area contributed by atoms with E-state index in [2.05, 4.69) is 15.6 Å². The van der Waals surface area contributed by atoms with Gasteiger partial charge in [0.05, 0.1) is 13.7 Å². The number of carbonyl (C=O) groups is 1. The second-order valence-corrected chi connectivity index (χ2v) is 6.41. The molecule has 0 unspecified atom stereocenters. The first kappa shape index (κ1) is 14.9. The van der Waals surface area contributed by atoms with Crippen molar-refractivity contribution in [2.24, 2.45) is 7.05 Å². The number of aryl methyl sites for hydroxylation is 1. The van der Waals surface area contributed by atoms with Gasteiger partial charge < -0.3 is 19.2 Å². The number of fused-ring (bicyclic) bond motifs is 1. The summed E-state index contributed by atoms with van der Waals surface area (Å²) in [5.41, 5.74) is 2.71. The second-order valence-electron chi connectivity index (χ2n) is 6.41. The Bertz CT molecular complexity index is 889. The summed E-state index contributed by atoms with van der Waals surface area (Å²) in [7, 11) is 3.66. The van der Waals surface area contributed by atoms with Gasteiger partial charge in [-0.15, -0.1) is 0 Å². The van der Waals surface area contributed by atoms with Crippen molar-refractivity contribution < 1.29 is 9.53 Å². The lowest BCUT2D eigenvalue weighted by atomic mass is 10.2. The third-order valence-electron chi connectivity index (χ3n) is 4.69. The molecule has 0 radical (unpaired) electrons. The molecule has 2 aromatic heterocycles. The largest absolute Gasteiger partial charge is 0.497 e. The minimum Gasteiger partial charge on any atom is -0.497 e. The van der Waals surface area contributed by atoms with Crippen molar-refractivity contribution in [3.63, 3.8) is 0 Å². The van der Waals surface area contributed by atoms with Crippen molar-refractivity contribution in [3.05, 3.63) is 54.0 Å². The van der Waals surface area contributed by atoms with E-state index >= 15 is 0 Å². The van der Waals surface area contributed by atoms with E-state index in [1.54, 1.807) is 7.11 Å². The number of benzene rings is 1. The molecule has 1 fully saturated rings. The Morgan fingerprint density at radius 1 is 1.33 bits per heavy atom. The average molecular weight is 323 g/mol. The van der Waals surface area contributed by atoms with Crippen molar-refractivity contribution in [3.8, 4) is 5.75 Å². The lowest BCUT2D eigenvalue weighted by molar-refractivity contribution is 0.0721. The van der Waals surface area contributed by atoms with Crippen LogP contribution >= 0.6 is 0 Å². The van der Waals surface area contributed by atoms with Gasteiger partial charge in [0.2, 0.25) is 0 Å². The van der Waals surface area contributed by atoms with Crippen molar-refractivity contribution in [1.82, 2.24) is 14.5 Å². The molecule has 2 heterocycles. The van der Waals surface area contributed by atoms with Crippen molar-refractivity contribution in [1.29, 1.82) is 0 Å². The van der Waals surface area contributed by atoms with E-state index in [4.69, 9.17) is 4.74 Å². The Kier molecular flexibility index (Phi) is 3.56. The number of hydrogen-bond acceptors (Lipinski definition) is 2. The van der Waals surface area contributed by atoms with E-state index in [-0.39, 0.29) is 5.91 Å². The zero-order valence-electron chi connectivity index (χ0n) is 14.0. The van der Waals surface area contributed by atoms with Gasteiger partial charge in [-0.25, -0.2) is 0 Å². The number of ether oxygens (including phenoxy) is 1. The van der Waals surface area contributed by atoms with Crippen molar-refractivity contribution >= 4 is 16.8 Å². The fourth-order valence-electron chi connectivity index (χ4n) is 3.09. The Hall–Kier alpha value is -2.69. The Morgan fingerprint density at radius 2 is 2.17 bits per heavy atom. The zero-order valence-corrected chi connectivity index (χ0v) is 14.0. The number of amides is 1. The van der Waals surface area contributed by atoms with Crippen LogP contribution in [0.15, 0.2) is 42.6 Å². The molecule has 1 amide bonds. The highest BCUT2D eigenvalue weighted by molar-refractivity contribution is 5.98. The number of aromatic nitrogens is 2. The van der Waals surface area contributed by atoms with Gasteiger partial charge in [-0.1, -0.05) is 0 Å². The molecule has 0 saturated heterocycles. The van der Waals surface area contributed by atoms with Crippen LogP contribution in [0.4, 0.5) is 0 Å². The molecular formula is C19H21N3O2. The predicted octanol–water partition coefficient (Wildman–Crippen LogP) is 3.32. The number of rotatable bonds is 5. The van der Waals surface area contributed by atoms with E-state index in [1.165, 1.54) is 0 Å². The summed E-state index contributed by atoms with van der Waals surface area (Å²) < 4.78 is 7.32. The number of nitrogens with zero attached hydrogens (tertiary/aromatic N) is 2. The van der Waals surface area contributed by atoms with Crippen LogP contribution in [0.3, 0.4) is 0 Å². The molecule has 1 saturated carbocycles. The normalized spacial score (nSPS) is 14.1. The highest BCUT2D eigenvalue weighted by Crippen LogP contribution is 2.30. The zero-order chi connectivity index (χ0) is 16.7.